The lowest BCUT2D eigenvalue weighted by atomic mass is 10.1. The molecule has 0 saturated heterocycles. The molecular weight excluding hydrogens is 359 g/mol. The van der Waals surface area contributed by atoms with Crippen LogP contribution in [0.25, 0.3) is 0 Å². The summed E-state index contributed by atoms with van der Waals surface area (Å²) in [6.07, 6.45) is 0. The van der Waals surface area contributed by atoms with Gasteiger partial charge in [-0.15, -0.1) is 0 Å². The Bertz CT molecular complexity index is 796. The lowest BCUT2D eigenvalue weighted by molar-refractivity contribution is 0.0358. The minimum atomic E-state index is -0.628. The highest BCUT2D eigenvalue weighted by Crippen LogP contribution is 2.22. The van der Waals surface area contributed by atoms with E-state index in [1.165, 1.54) is 17.1 Å². The fraction of sp³-hybridized carbons (Fsp3) is 0.263. The number of benzene rings is 2. The Hall–Kier alpha value is -2.04. The lowest BCUT2D eigenvalue weighted by Crippen LogP contribution is -2.55. The maximum atomic E-state index is 12.9. The second-order valence-electron chi connectivity index (χ2n) is 6.74. The first-order valence-corrected chi connectivity index (χ1v) is 8.52. The van der Waals surface area contributed by atoms with Crippen LogP contribution in [0.3, 0.4) is 0 Å². The summed E-state index contributed by atoms with van der Waals surface area (Å²) in [6.45, 7) is 7.45. The second kappa shape index (κ2) is 7.46. The normalized spacial score (nSPS) is 11.1. The second-order valence-corrected chi connectivity index (χ2v) is 7.59. The molecule has 0 aliphatic carbocycles. The summed E-state index contributed by atoms with van der Waals surface area (Å²) in [5, 5.41) is 1.97. The molecule has 2 aromatic carbocycles. The van der Waals surface area contributed by atoms with E-state index in [1.807, 2.05) is 39.8 Å². The van der Waals surface area contributed by atoms with Crippen LogP contribution in [0.4, 0.5) is 0 Å². The Labute approximate surface area is 157 Å². The smallest absolute Gasteiger partial charge is 0.267 e. The highest BCUT2D eigenvalue weighted by molar-refractivity contribution is 6.36. The van der Waals surface area contributed by atoms with Gasteiger partial charge in [-0.25, -0.2) is 5.01 Å². The van der Waals surface area contributed by atoms with Gasteiger partial charge in [0, 0.05) is 10.6 Å². The molecule has 0 fully saturated rings. The van der Waals surface area contributed by atoms with Gasteiger partial charge in [0.2, 0.25) is 0 Å². The van der Waals surface area contributed by atoms with Crippen molar-refractivity contribution < 1.29 is 9.59 Å². The molecular formula is C19H20Cl2N2O2. The molecule has 4 nitrogen and oxygen atoms in total. The first kappa shape index (κ1) is 19.3. The number of aryl methyl sites for hydroxylation is 1. The van der Waals surface area contributed by atoms with Gasteiger partial charge in [-0.2, -0.15) is 0 Å². The summed E-state index contributed by atoms with van der Waals surface area (Å²) < 4.78 is 0. The molecule has 0 unspecified atom stereocenters. The highest BCUT2D eigenvalue weighted by atomic mass is 35.5. The Morgan fingerprint density at radius 3 is 2.12 bits per heavy atom. The lowest BCUT2D eigenvalue weighted by Gasteiger charge is -2.35. The summed E-state index contributed by atoms with van der Waals surface area (Å²) in [5.41, 5.74) is 3.82. The van der Waals surface area contributed by atoms with Crippen molar-refractivity contribution in [1.82, 2.24) is 10.4 Å². The number of hydrogen-bond acceptors (Lipinski definition) is 2. The minimum absolute atomic E-state index is 0.224. The molecule has 0 bridgehead atoms. The van der Waals surface area contributed by atoms with E-state index in [-0.39, 0.29) is 16.5 Å². The molecule has 0 aromatic heterocycles. The van der Waals surface area contributed by atoms with Crippen LogP contribution in [0.1, 0.15) is 47.1 Å². The van der Waals surface area contributed by atoms with E-state index in [0.717, 1.165) is 5.56 Å². The largest absolute Gasteiger partial charge is 0.272 e. The Morgan fingerprint density at radius 1 is 1.00 bits per heavy atom. The Kier molecular flexibility index (Phi) is 5.76. The monoisotopic (exact) mass is 378 g/mol. The molecule has 0 spiro atoms. The maximum absolute atomic E-state index is 12.9. The predicted molar refractivity (Wildman–Crippen MR) is 101 cm³/mol. The number of halogens is 2. The van der Waals surface area contributed by atoms with E-state index >= 15 is 0 Å². The molecule has 0 aliphatic heterocycles. The minimum Gasteiger partial charge on any atom is -0.267 e. The molecule has 0 atom stereocenters. The van der Waals surface area contributed by atoms with Gasteiger partial charge in [-0.3, -0.25) is 15.0 Å². The number of rotatable bonds is 2. The van der Waals surface area contributed by atoms with Crippen LogP contribution in [0.2, 0.25) is 10.0 Å². The molecule has 1 N–H and O–H groups in total. The summed E-state index contributed by atoms with van der Waals surface area (Å²) in [4.78, 5) is 25.5. The molecule has 2 aromatic rings. The quantitative estimate of drug-likeness (QED) is 0.756. The van der Waals surface area contributed by atoms with Gasteiger partial charge in [0.1, 0.15) is 0 Å². The third kappa shape index (κ3) is 4.74. The van der Waals surface area contributed by atoms with E-state index in [0.29, 0.717) is 10.6 Å². The Balaban J connectivity index is 2.30. The fourth-order valence-electron chi connectivity index (χ4n) is 2.18. The summed E-state index contributed by atoms with van der Waals surface area (Å²) in [7, 11) is 0. The zero-order valence-electron chi connectivity index (χ0n) is 14.6. The molecule has 0 heterocycles. The van der Waals surface area contributed by atoms with Crippen molar-refractivity contribution >= 4 is 35.0 Å². The molecule has 0 saturated carbocycles. The summed E-state index contributed by atoms with van der Waals surface area (Å²) in [5.74, 6) is -0.775. The number of carbonyl (C=O) groups excluding carboxylic acids is 2. The average molecular weight is 379 g/mol. The molecule has 25 heavy (non-hydrogen) atoms. The van der Waals surface area contributed by atoms with Gasteiger partial charge >= 0.3 is 0 Å². The van der Waals surface area contributed by atoms with Crippen LogP contribution in [0.5, 0.6) is 0 Å². The van der Waals surface area contributed by atoms with Crippen molar-refractivity contribution in [2.45, 2.75) is 33.2 Å². The van der Waals surface area contributed by atoms with Crippen molar-refractivity contribution in [1.29, 1.82) is 0 Å². The topological polar surface area (TPSA) is 49.4 Å². The number of nitrogens with zero attached hydrogens (tertiary/aromatic N) is 1. The first-order valence-electron chi connectivity index (χ1n) is 7.77. The van der Waals surface area contributed by atoms with E-state index < -0.39 is 11.4 Å². The van der Waals surface area contributed by atoms with Gasteiger partial charge in [0.15, 0.2) is 0 Å². The zero-order chi connectivity index (χ0) is 18.8. The van der Waals surface area contributed by atoms with Crippen LogP contribution in [-0.4, -0.2) is 22.4 Å². The van der Waals surface area contributed by atoms with Gasteiger partial charge < -0.3 is 0 Å². The molecule has 6 heteroatoms. The zero-order valence-corrected chi connectivity index (χ0v) is 16.1. The fourth-order valence-corrected chi connectivity index (χ4v) is 2.68. The number of hydrazine groups is 1. The van der Waals surface area contributed by atoms with Crippen LogP contribution < -0.4 is 5.43 Å². The van der Waals surface area contributed by atoms with Crippen LogP contribution in [-0.2, 0) is 0 Å². The third-order valence-corrected chi connectivity index (χ3v) is 4.11. The standard InChI is InChI=1S/C19H20Cl2N2O2/c1-12-5-7-13(8-6-12)18(25)23(19(2,3)4)22-17(24)15-10-9-14(20)11-16(15)21/h5-11H,1-4H3,(H,22,24). The summed E-state index contributed by atoms with van der Waals surface area (Å²) >= 11 is 11.9. The highest BCUT2D eigenvalue weighted by Gasteiger charge is 2.30. The molecule has 0 aliphatic rings. The van der Waals surface area contributed by atoms with Crippen molar-refractivity contribution in [2.75, 3.05) is 0 Å². The van der Waals surface area contributed by atoms with Gasteiger partial charge in [0.25, 0.3) is 11.8 Å². The van der Waals surface area contributed by atoms with Crippen molar-refractivity contribution in [3.05, 3.63) is 69.2 Å². The van der Waals surface area contributed by atoms with Crippen LogP contribution in [0.15, 0.2) is 42.5 Å². The number of amides is 2. The van der Waals surface area contributed by atoms with Crippen LogP contribution in [0, 0.1) is 6.92 Å². The molecule has 2 amide bonds. The number of carbonyl (C=O) groups is 2. The first-order chi connectivity index (χ1) is 11.6. The Morgan fingerprint density at radius 2 is 1.60 bits per heavy atom. The van der Waals surface area contributed by atoms with Crippen molar-refractivity contribution in [3.63, 3.8) is 0 Å². The SMILES string of the molecule is Cc1ccc(C(=O)N(NC(=O)c2ccc(Cl)cc2Cl)C(C)(C)C)cc1. The maximum Gasteiger partial charge on any atom is 0.272 e. The number of hydrogen-bond donors (Lipinski definition) is 1. The van der Waals surface area contributed by atoms with E-state index in [4.69, 9.17) is 23.2 Å². The number of nitrogens with one attached hydrogen (secondary N) is 1. The van der Waals surface area contributed by atoms with Crippen LogP contribution >= 0.6 is 23.2 Å². The average Bonchev–Trinajstić information content (AvgIpc) is 2.51. The van der Waals surface area contributed by atoms with Crippen molar-refractivity contribution in [2.24, 2.45) is 0 Å². The summed E-state index contributed by atoms with van der Waals surface area (Å²) in [6, 6.07) is 11.8. The van der Waals surface area contributed by atoms with E-state index in [2.05, 4.69) is 5.43 Å². The third-order valence-electron chi connectivity index (χ3n) is 3.56. The molecule has 0 radical (unpaired) electrons. The van der Waals surface area contributed by atoms with Crippen molar-refractivity contribution in [3.8, 4) is 0 Å². The van der Waals surface area contributed by atoms with Gasteiger partial charge in [-0.05, 0) is 58.0 Å². The predicted octanol–water partition coefficient (Wildman–Crippen LogP) is 4.89. The van der Waals surface area contributed by atoms with Gasteiger partial charge in [-0.1, -0.05) is 40.9 Å². The van der Waals surface area contributed by atoms with E-state index in [9.17, 15) is 9.59 Å². The van der Waals surface area contributed by atoms with Gasteiger partial charge in [0.05, 0.1) is 16.1 Å². The molecule has 132 valence electrons. The van der Waals surface area contributed by atoms with E-state index in [1.54, 1.807) is 18.2 Å². The molecule has 2 rings (SSSR count).